The number of methoxy groups -OCH3 is 1. The summed E-state index contributed by atoms with van der Waals surface area (Å²) in [7, 11) is -2.25. The van der Waals surface area contributed by atoms with Gasteiger partial charge in [0.15, 0.2) is 0 Å². The lowest BCUT2D eigenvalue weighted by molar-refractivity contribution is 0.185. The standard InChI is InChI=1S/C15H16FNO3S/c1-11-4-3-5-14(15(11)16)17-21(18,19)13-8-6-12(7-9-13)10-20-2/h3-9,17H,10H2,1-2H3. The van der Waals surface area contributed by atoms with Crippen LogP contribution >= 0.6 is 0 Å². The predicted octanol–water partition coefficient (Wildman–Crippen LogP) is 3.08. The van der Waals surface area contributed by atoms with Crippen LogP contribution in [0, 0.1) is 12.7 Å². The third kappa shape index (κ3) is 3.59. The molecule has 0 bridgehead atoms. The summed E-state index contributed by atoms with van der Waals surface area (Å²) in [5.41, 5.74) is 1.18. The van der Waals surface area contributed by atoms with E-state index in [4.69, 9.17) is 4.74 Å². The van der Waals surface area contributed by atoms with E-state index in [2.05, 4.69) is 4.72 Å². The van der Waals surface area contributed by atoms with Crippen molar-refractivity contribution in [1.82, 2.24) is 0 Å². The highest BCUT2D eigenvalue weighted by molar-refractivity contribution is 7.92. The van der Waals surface area contributed by atoms with Gasteiger partial charge in [-0.3, -0.25) is 4.72 Å². The fourth-order valence-electron chi connectivity index (χ4n) is 1.86. The predicted molar refractivity (Wildman–Crippen MR) is 79.1 cm³/mol. The van der Waals surface area contributed by atoms with E-state index in [1.54, 1.807) is 38.3 Å². The van der Waals surface area contributed by atoms with Crippen LogP contribution in [0.2, 0.25) is 0 Å². The summed E-state index contributed by atoms with van der Waals surface area (Å²) in [4.78, 5) is 0.0725. The van der Waals surface area contributed by atoms with Gasteiger partial charge in [0.05, 0.1) is 17.2 Å². The molecule has 0 spiro atoms. The van der Waals surface area contributed by atoms with Crippen molar-refractivity contribution in [3.05, 3.63) is 59.4 Å². The van der Waals surface area contributed by atoms with Gasteiger partial charge in [-0.15, -0.1) is 0 Å². The van der Waals surface area contributed by atoms with E-state index in [-0.39, 0.29) is 10.6 Å². The van der Waals surface area contributed by atoms with E-state index in [0.717, 1.165) is 5.56 Å². The smallest absolute Gasteiger partial charge is 0.261 e. The zero-order valence-electron chi connectivity index (χ0n) is 11.8. The van der Waals surface area contributed by atoms with Gasteiger partial charge >= 0.3 is 0 Å². The van der Waals surface area contributed by atoms with Crippen LogP contribution in [0.5, 0.6) is 0 Å². The lowest BCUT2D eigenvalue weighted by Gasteiger charge is -2.10. The minimum Gasteiger partial charge on any atom is -0.380 e. The molecule has 0 fully saturated rings. The van der Waals surface area contributed by atoms with Crippen molar-refractivity contribution in [2.75, 3.05) is 11.8 Å². The van der Waals surface area contributed by atoms with Crippen molar-refractivity contribution in [3.8, 4) is 0 Å². The maximum Gasteiger partial charge on any atom is 0.261 e. The number of anilines is 1. The van der Waals surface area contributed by atoms with E-state index in [1.807, 2.05) is 0 Å². The summed E-state index contributed by atoms with van der Waals surface area (Å²) in [5, 5.41) is 0. The number of hydrogen-bond acceptors (Lipinski definition) is 3. The first-order valence-electron chi connectivity index (χ1n) is 6.30. The third-order valence-electron chi connectivity index (χ3n) is 2.98. The van der Waals surface area contributed by atoms with Crippen LogP contribution in [0.25, 0.3) is 0 Å². The summed E-state index contributed by atoms with van der Waals surface area (Å²) in [6, 6.07) is 10.8. The van der Waals surface area contributed by atoms with Gasteiger partial charge in [0.25, 0.3) is 10.0 Å². The van der Waals surface area contributed by atoms with E-state index in [0.29, 0.717) is 12.2 Å². The Kier molecular flexibility index (Phi) is 4.59. The van der Waals surface area contributed by atoms with E-state index < -0.39 is 15.8 Å². The van der Waals surface area contributed by atoms with Crippen LogP contribution in [0.15, 0.2) is 47.4 Å². The number of rotatable bonds is 5. The van der Waals surface area contributed by atoms with Gasteiger partial charge in [0, 0.05) is 7.11 Å². The van der Waals surface area contributed by atoms with Gasteiger partial charge in [-0.25, -0.2) is 12.8 Å². The summed E-state index contributed by atoms with van der Waals surface area (Å²) in [6.45, 7) is 1.98. The molecule has 0 aliphatic carbocycles. The Morgan fingerprint density at radius 2 is 1.81 bits per heavy atom. The Balaban J connectivity index is 2.27. The molecule has 1 N–H and O–H groups in total. The minimum atomic E-state index is -3.82. The Bertz CT molecular complexity index is 727. The molecule has 0 aliphatic rings. The molecule has 0 amide bonds. The second-order valence-corrected chi connectivity index (χ2v) is 6.30. The summed E-state index contributed by atoms with van der Waals surface area (Å²) in [5.74, 6) is -0.572. The molecular weight excluding hydrogens is 293 g/mol. The molecule has 0 aromatic heterocycles. The second kappa shape index (κ2) is 6.24. The molecule has 0 unspecified atom stereocenters. The van der Waals surface area contributed by atoms with E-state index in [9.17, 15) is 12.8 Å². The first-order valence-corrected chi connectivity index (χ1v) is 7.78. The molecule has 2 aromatic rings. The molecule has 4 nitrogen and oxygen atoms in total. The number of sulfonamides is 1. The first kappa shape index (κ1) is 15.5. The van der Waals surface area contributed by atoms with Crippen LogP contribution in [-0.2, 0) is 21.4 Å². The minimum absolute atomic E-state index is 0.0593. The molecule has 2 rings (SSSR count). The molecule has 0 radical (unpaired) electrons. The maximum atomic E-state index is 13.9. The Labute approximate surface area is 123 Å². The van der Waals surface area contributed by atoms with Gasteiger partial charge in [0.2, 0.25) is 0 Å². The quantitative estimate of drug-likeness (QED) is 0.923. The van der Waals surface area contributed by atoms with Crippen molar-refractivity contribution in [3.63, 3.8) is 0 Å². The summed E-state index contributed by atoms with van der Waals surface area (Å²) in [6.07, 6.45) is 0. The van der Waals surface area contributed by atoms with Gasteiger partial charge in [-0.05, 0) is 36.2 Å². The zero-order chi connectivity index (χ0) is 15.5. The number of nitrogens with one attached hydrogen (secondary N) is 1. The third-order valence-corrected chi connectivity index (χ3v) is 4.36. The second-order valence-electron chi connectivity index (χ2n) is 4.62. The molecule has 112 valence electrons. The number of ether oxygens (including phenoxy) is 1. The van der Waals surface area contributed by atoms with Crippen LogP contribution < -0.4 is 4.72 Å². The van der Waals surface area contributed by atoms with Gasteiger partial charge in [0.1, 0.15) is 5.82 Å². The largest absolute Gasteiger partial charge is 0.380 e. The van der Waals surface area contributed by atoms with Crippen LogP contribution in [0.4, 0.5) is 10.1 Å². The van der Waals surface area contributed by atoms with E-state index in [1.165, 1.54) is 18.2 Å². The highest BCUT2D eigenvalue weighted by Crippen LogP contribution is 2.21. The fourth-order valence-corrected chi connectivity index (χ4v) is 2.92. The highest BCUT2D eigenvalue weighted by atomic mass is 32.2. The average Bonchev–Trinajstić information content (AvgIpc) is 2.45. The van der Waals surface area contributed by atoms with Gasteiger partial charge < -0.3 is 4.74 Å². The first-order chi connectivity index (χ1) is 9.94. The van der Waals surface area contributed by atoms with Crippen molar-refractivity contribution in [1.29, 1.82) is 0 Å². The van der Waals surface area contributed by atoms with Crippen molar-refractivity contribution >= 4 is 15.7 Å². The molecule has 0 heterocycles. The summed E-state index contributed by atoms with van der Waals surface area (Å²) >= 11 is 0. The van der Waals surface area contributed by atoms with Crippen LogP contribution in [0.3, 0.4) is 0 Å². The van der Waals surface area contributed by atoms with Crippen LogP contribution in [-0.4, -0.2) is 15.5 Å². The van der Waals surface area contributed by atoms with Crippen molar-refractivity contribution in [2.24, 2.45) is 0 Å². The molecule has 0 aliphatic heterocycles. The zero-order valence-corrected chi connectivity index (χ0v) is 12.6. The van der Waals surface area contributed by atoms with Gasteiger partial charge in [-0.2, -0.15) is 0 Å². The monoisotopic (exact) mass is 309 g/mol. The fraction of sp³-hybridized carbons (Fsp3) is 0.200. The molecule has 6 heteroatoms. The van der Waals surface area contributed by atoms with Crippen molar-refractivity contribution in [2.45, 2.75) is 18.4 Å². The number of benzene rings is 2. The molecular formula is C15H16FNO3S. The lowest BCUT2D eigenvalue weighted by atomic mass is 10.2. The SMILES string of the molecule is COCc1ccc(S(=O)(=O)Nc2cccc(C)c2F)cc1. The maximum absolute atomic E-state index is 13.9. The average molecular weight is 309 g/mol. The Morgan fingerprint density at radius 3 is 2.43 bits per heavy atom. The molecule has 21 heavy (non-hydrogen) atoms. The van der Waals surface area contributed by atoms with E-state index >= 15 is 0 Å². The number of aryl methyl sites for hydroxylation is 1. The van der Waals surface area contributed by atoms with Crippen LogP contribution in [0.1, 0.15) is 11.1 Å². The molecule has 2 aromatic carbocycles. The van der Waals surface area contributed by atoms with Gasteiger partial charge in [-0.1, -0.05) is 24.3 Å². The topological polar surface area (TPSA) is 55.4 Å². The Morgan fingerprint density at radius 1 is 1.14 bits per heavy atom. The molecule has 0 atom stereocenters. The van der Waals surface area contributed by atoms with Crippen molar-refractivity contribution < 1.29 is 17.5 Å². The Hall–Kier alpha value is -1.92. The molecule has 0 saturated carbocycles. The number of halogens is 1. The number of hydrogen-bond donors (Lipinski definition) is 1. The highest BCUT2D eigenvalue weighted by Gasteiger charge is 2.16. The lowest BCUT2D eigenvalue weighted by Crippen LogP contribution is -2.14. The molecule has 0 saturated heterocycles. The normalized spacial score (nSPS) is 11.4. The summed E-state index contributed by atoms with van der Waals surface area (Å²) < 4.78 is 45.5.